The highest BCUT2D eigenvalue weighted by Crippen LogP contribution is 2.07. The maximum atomic E-state index is 11.0. The Hall–Kier alpha value is -2.08. The molecule has 0 rings (SSSR count). The van der Waals surface area contributed by atoms with Crippen LogP contribution in [0.5, 0.6) is 0 Å². The number of carbonyl (C=O) groups is 2. The van der Waals surface area contributed by atoms with Crippen LogP contribution in [0.4, 0.5) is 4.79 Å². The molecule has 0 aliphatic heterocycles. The monoisotopic (exact) mass is 196 g/mol. The standard InChI is InChI=1S/C8H8N2O4/c1-13-8(12)14-7(11)6(5-10)3-2-4-9/h6H,2-3H2,1H3. The van der Waals surface area contributed by atoms with E-state index in [1.807, 2.05) is 0 Å². The molecule has 6 nitrogen and oxygen atoms in total. The van der Waals surface area contributed by atoms with Crippen molar-refractivity contribution in [2.24, 2.45) is 5.92 Å². The molecule has 0 bridgehead atoms. The molecule has 0 saturated heterocycles. The lowest BCUT2D eigenvalue weighted by molar-refractivity contribution is -0.142. The van der Waals surface area contributed by atoms with E-state index in [0.29, 0.717) is 0 Å². The molecule has 0 N–H and O–H groups in total. The summed E-state index contributed by atoms with van der Waals surface area (Å²) in [5.41, 5.74) is 0. The fourth-order valence-corrected chi connectivity index (χ4v) is 0.639. The Morgan fingerprint density at radius 3 is 2.50 bits per heavy atom. The topological polar surface area (TPSA) is 100 Å². The molecule has 6 heteroatoms. The lowest BCUT2D eigenvalue weighted by Gasteiger charge is -2.04. The Labute approximate surface area is 80.6 Å². The van der Waals surface area contributed by atoms with Gasteiger partial charge in [-0.3, -0.25) is 4.79 Å². The molecule has 74 valence electrons. The summed E-state index contributed by atoms with van der Waals surface area (Å²) in [6, 6.07) is 3.41. The Balaban J connectivity index is 4.14. The number of nitriles is 2. The van der Waals surface area contributed by atoms with E-state index >= 15 is 0 Å². The number of esters is 1. The molecule has 0 aromatic carbocycles. The minimum Gasteiger partial charge on any atom is -0.437 e. The van der Waals surface area contributed by atoms with Gasteiger partial charge >= 0.3 is 12.1 Å². The Kier molecular flexibility index (Phi) is 5.48. The van der Waals surface area contributed by atoms with Crippen LogP contribution in [0.1, 0.15) is 12.8 Å². The van der Waals surface area contributed by atoms with Crippen LogP contribution in [-0.4, -0.2) is 19.2 Å². The predicted molar refractivity (Wildman–Crippen MR) is 42.4 cm³/mol. The molecule has 1 atom stereocenters. The molecule has 0 aromatic heterocycles. The minimum absolute atomic E-state index is 0.0445. The summed E-state index contributed by atoms with van der Waals surface area (Å²) < 4.78 is 8.18. The lowest BCUT2D eigenvalue weighted by atomic mass is 10.1. The van der Waals surface area contributed by atoms with Crippen molar-refractivity contribution in [3.05, 3.63) is 0 Å². The first-order valence-electron chi connectivity index (χ1n) is 3.72. The van der Waals surface area contributed by atoms with Gasteiger partial charge in [0.05, 0.1) is 19.2 Å². The fourth-order valence-electron chi connectivity index (χ4n) is 0.639. The van der Waals surface area contributed by atoms with Gasteiger partial charge in [0.2, 0.25) is 0 Å². The normalized spacial score (nSPS) is 10.5. The van der Waals surface area contributed by atoms with E-state index in [-0.39, 0.29) is 12.8 Å². The molecule has 0 aliphatic rings. The van der Waals surface area contributed by atoms with Crippen molar-refractivity contribution in [1.82, 2.24) is 0 Å². The number of nitrogens with zero attached hydrogens (tertiary/aromatic N) is 2. The first-order valence-corrected chi connectivity index (χ1v) is 3.72. The molecular weight excluding hydrogens is 188 g/mol. The number of ether oxygens (including phenoxy) is 2. The molecule has 0 spiro atoms. The average molecular weight is 196 g/mol. The van der Waals surface area contributed by atoms with Crippen LogP contribution >= 0.6 is 0 Å². The van der Waals surface area contributed by atoms with Crippen molar-refractivity contribution in [2.75, 3.05) is 7.11 Å². The van der Waals surface area contributed by atoms with Gasteiger partial charge in [-0.2, -0.15) is 10.5 Å². The summed E-state index contributed by atoms with van der Waals surface area (Å²) in [7, 11) is 1.05. The molecule has 0 aromatic rings. The third-order valence-corrected chi connectivity index (χ3v) is 1.34. The molecule has 14 heavy (non-hydrogen) atoms. The first kappa shape index (κ1) is 11.9. The quantitative estimate of drug-likeness (QED) is 0.487. The van der Waals surface area contributed by atoms with Gasteiger partial charge in [-0.15, -0.1) is 0 Å². The van der Waals surface area contributed by atoms with E-state index in [0.717, 1.165) is 7.11 Å². The third-order valence-electron chi connectivity index (χ3n) is 1.34. The van der Waals surface area contributed by atoms with Crippen molar-refractivity contribution < 1.29 is 19.1 Å². The number of methoxy groups -OCH3 is 1. The molecule has 0 amide bonds. The van der Waals surface area contributed by atoms with Gasteiger partial charge in [0.25, 0.3) is 0 Å². The lowest BCUT2D eigenvalue weighted by Crippen LogP contribution is -2.20. The van der Waals surface area contributed by atoms with Crippen molar-refractivity contribution >= 4 is 12.1 Å². The first-order chi connectivity index (χ1) is 6.65. The number of rotatable bonds is 3. The van der Waals surface area contributed by atoms with E-state index in [4.69, 9.17) is 10.5 Å². The van der Waals surface area contributed by atoms with Crippen LogP contribution in [-0.2, 0) is 14.3 Å². The van der Waals surface area contributed by atoms with Crippen molar-refractivity contribution in [3.8, 4) is 12.1 Å². The molecular formula is C8H8N2O4. The molecule has 0 radical (unpaired) electrons. The smallest absolute Gasteiger partial charge is 0.437 e. The van der Waals surface area contributed by atoms with Gasteiger partial charge in [-0.1, -0.05) is 0 Å². The zero-order chi connectivity index (χ0) is 11.0. The summed E-state index contributed by atoms with van der Waals surface area (Å²) in [6.45, 7) is 0. The zero-order valence-corrected chi connectivity index (χ0v) is 7.52. The summed E-state index contributed by atoms with van der Waals surface area (Å²) in [5, 5.41) is 16.7. The van der Waals surface area contributed by atoms with Gasteiger partial charge in [0.1, 0.15) is 5.92 Å². The van der Waals surface area contributed by atoms with Crippen LogP contribution in [0.25, 0.3) is 0 Å². The molecule has 0 aliphatic carbocycles. The highest BCUT2D eigenvalue weighted by atomic mass is 16.7. The van der Waals surface area contributed by atoms with Gasteiger partial charge in [-0.25, -0.2) is 4.79 Å². The van der Waals surface area contributed by atoms with Crippen LogP contribution in [0.15, 0.2) is 0 Å². The zero-order valence-electron chi connectivity index (χ0n) is 7.52. The second-order valence-electron chi connectivity index (χ2n) is 2.25. The summed E-state index contributed by atoms with van der Waals surface area (Å²) >= 11 is 0. The molecule has 1 unspecified atom stereocenters. The van der Waals surface area contributed by atoms with Gasteiger partial charge in [-0.05, 0) is 6.42 Å². The van der Waals surface area contributed by atoms with Crippen molar-refractivity contribution in [3.63, 3.8) is 0 Å². The Morgan fingerprint density at radius 1 is 1.43 bits per heavy atom. The third kappa shape index (κ3) is 4.07. The highest BCUT2D eigenvalue weighted by molar-refractivity contribution is 5.84. The van der Waals surface area contributed by atoms with E-state index in [1.165, 1.54) is 0 Å². The molecule has 0 heterocycles. The van der Waals surface area contributed by atoms with Gasteiger partial charge < -0.3 is 9.47 Å². The summed E-state index contributed by atoms with van der Waals surface area (Å²) in [4.78, 5) is 21.5. The summed E-state index contributed by atoms with van der Waals surface area (Å²) in [6.07, 6.45) is -1.07. The number of hydrogen-bond donors (Lipinski definition) is 0. The largest absolute Gasteiger partial charge is 0.515 e. The van der Waals surface area contributed by atoms with Gasteiger partial charge in [0, 0.05) is 6.42 Å². The molecule has 0 fully saturated rings. The van der Waals surface area contributed by atoms with Gasteiger partial charge in [0.15, 0.2) is 0 Å². The minimum atomic E-state index is -1.16. The van der Waals surface area contributed by atoms with Crippen molar-refractivity contribution in [2.45, 2.75) is 12.8 Å². The second kappa shape index (κ2) is 6.44. The van der Waals surface area contributed by atoms with Crippen LogP contribution in [0.3, 0.4) is 0 Å². The Bertz CT molecular complexity index is 299. The maximum Gasteiger partial charge on any atom is 0.515 e. The fraction of sp³-hybridized carbons (Fsp3) is 0.500. The van der Waals surface area contributed by atoms with Crippen LogP contribution in [0.2, 0.25) is 0 Å². The van der Waals surface area contributed by atoms with Crippen LogP contribution in [0, 0.1) is 28.6 Å². The van der Waals surface area contributed by atoms with Crippen LogP contribution < -0.4 is 0 Å². The van der Waals surface area contributed by atoms with Crippen molar-refractivity contribution in [1.29, 1.82) is 10.5 Å². The predicted octanol–water partition coefficient (Wildman–Crippen LogP) is 0.740. The van der Waals surface area contributed by atoms with E-state index in [2.05, 4.69) is 9.47 Å². The number of hydrogen-bond acceptors (Lipinski definition) is 6. The van der Waals surface area contributed by atoms with E-state index < -0.39 is 18.0 Å². The SMILES string of the molecule is COC(=O)OC(=O)C(C#N)CCC#N. The average Bonchev–Trinajstić information content (AvgIpc) is 2.18. The van der Waals surface area contributed by atoms with E-state index in [9.17, 15) is 9.59 Å². The summed E-state index contributed by atoms with van der Waals surface area (Å²) in [5.74, 6) is -2.09. The maximum absolute atomic E-state index is 11.0. The second-order valence-corrected chi connectivity index (χ2v) is 2.25. The Morgan fingerprint density at radius 2 is 2.07 bits per heavy atom. The molecule has 0 saturated carbocycles. The number of carbonyl (C=O) groups excluding carboxylic acids is 2. The van der Waals surface area contributed by atoms with E-state index in [1.54, 1.807) is 12.1 Å². The highest BCUT2D eigenvalue weighted by Gasteiger charge is 2.22.